The Kier molecular flexibility index (Phi) is 7.02. The van der Waals surface area contributed by atoms with E-state index in [1.807, 2.05) is 17.8 Å². The van der Waals surface area contributed by atoms with Crippen LogP contribution in [0.25, 0.3) is 0 Å². The molecule has 0 fully saturated rings. The molecule has 0 aromatic heterocycles. The number of halogens is 1. The van der Waals surface area contributed by atoms with Crippen molar-refractivity contribution in [2.24, 2.45) is 0 Å². The molecular formula is C14H22ClNS. The zero-order chi connectivity index (χ0) is 12.7. The third-order valence-electron chi connectivity index (χ3n) is 2.69. The van der Waals surface area contributed by atoms with Crippen molar-refractivity contribution in [3.63, 3.8) is 0 Å². The number of rotatable bonds is 7. The predicted octanol–water partition coefficient (Wildman–Crippen LogP) is 3.92. The molecular weight excluding hydrogens is 250 g/mol. The van der Waals surface area contributed by atoms with Gasteiger partial charge in [-0.3, -0.25) is 0 Å². The summed E-state index contributed by atoms with van der Waals surface area (Å²) in [7, 11) is 0. The number of hydrogen-bond donors (Lipinski definition) is 1. The van der Waals surface area contributed by atoms with Gasteiger partial charge >= 0.3 is 0 Å². The van der Waals surface area contributed by atoms with E-state index in [1.165, 1.54) is 16.9 Å². The molecule has 0 saturated carbocycles. The first-order valence-corrected chi connectivity index (χ1v) is 7.76. The molecule has 0 aliphatic carbocycles. The average molecular weight is 272 g/mol. The van der Waals surface area contributed by atoms with E-state index in [0.29, 0.717) is 6.04 Å². The Morgan fingerprint density at radius 1 is 1.35 bits per heavy atom. The molecule has 0 heterocycles. The first-order chi connectivity index (χ1) is 8.17. The molecule has 3 heteroatoms. The van der Waals surface area contributed by atoms with Crippen LogP contribution in [0.2, 0.25) is 5.02 Å². The van der Waals surface area contributed by atoms with E-state index in [4.69, 9.17) is 11.6 Å². The van der Waals surface area contributed by atoms with Gasteiger partial charge in [0.25, 0.3) is 0 Å². The second-order valence-electron chi connectivity index (χ2n) is 4.21. The second kappa shape index (κ2) is 8.02. The van der Waals surface area contributed by atoms with E-state index in [0.717, 1.165) is 23.7 Å². The van der Waals surface area contributed by atoms with Gasteiger partial charge in [0.2, 0.25) is 0 Å². The Morgan fingerprint density at radius 2 is 2.12 bits per heavy atom. The molecule has 1 nitrogen and oxygen atoms in total. The van der Waals surface area contributed by atoms with E-state index < -0.39 is 0 Å². The van der Waals surface area contributed by atoms with Gasteiger partial charge in [-0.05, 0) is 42.8 Å². The van der Waals surface area contributed by atoms with Crippen LogP contribution in [0.3, 0.4) is 0 Å². The zero-order valence-corrected chi connectivity index (χ0v) is 12.5. The van der Waals surface area contributed by atoms with Gasteiger partial charge in [-0.15, -0.1) is 0 Å². The number of benzene rings is 1. The number of aryl methyl sites for hydroxylation is 1. The lowest BCUT2D eigenvalue weighted by atomic mass is 10.1. The summed E-state index contributed by atoms with van der Waals surface area (Å²) in [6.45, 7) is 7.44. The zero-order valence-electron chi connectivity index (χ0n) is 10.9. The van der Waals surface area contributed by atoms with Crippen LogP contribution in [-0.4, -0.2) is 24.1 Å². The summed E-state index contributed by atoms with van der Waals surface area (Å²) in [6, 6.07) is 6.85. The molecule has 0 spiro atoms. The number of likely N-dealkylation sites (N-methyl/N-ethyl adjacent to an activating group) is 1. The summed E-state index contributed by atoms with van der Waals surface area (Å²) in [5.74, 6) is 2.32. The smallest absolute Gasteiger partial charge is 0.0441 e. The van der Waals surface area contributed by atoms with E-state index in [-0.39, 0.29) is 0 Å². The van der Waals surface area contributed by atoms with Crippen LogP contribution in [0, 0.1) is 6.92 Å². The Hall–Kier alpha value is -0.180. The third kappa shape index (κ3) is 5.33. The monoisotopic (exact) mass is 271 g/mol. The minimum absolute atomic E-state index is 0.519. The van der Waals surface area contributed by atoms with Gasteiger partial charge in [-0.25, -0.2) is 0 Å². The summed E-state index contributed by atoms with van der Waals surface area (Å²) >= 11 is 8.25. The topological polar surface area (TPSA) is 12.0 Å². The Morgan fingerprint density at radius 3 is 2.71 bits per heavy atom. The van der Waals surface area contributed by atoms with Crippen molar-refractivity contribution in [1.82, 2.24) is 5.32 Å². The average Bonchev–Trinajstić information content (AvgIpc) is 2.29. The molecule has 0 aliphatic heterocycles. The molecule has 0 bridgehead atoms. The largest absolute Gasteiger partial charge is 0.313 e. The maximum absolute atomic E-state index is 6.27. The molecule has 0 aliphatic rings. The number of thioether (sulfide) groups is 1. The maximum atomic E-state index is 6.27. The van der Waals surface area contributed by atoms with Crippen molar-refractivity contribution >= 4 is 23.4 Å². The minimum Gasteiger partial charge on any atom is -0.313 e. The molecule has 0 amide bonds. The third-order valence-corrected chi connectivity index (χ3v) is 4.09. The van der Waals surface area contributed by atoms with Crippen LogP contribution >= 0.6 is 23.4 Å². The molecule has 1 rings (SSSR count). The molecule has 1 aromatic rings. The Bertz CT molecular complexity index is 341. The van der Waals surface area contributed by atoms with Crippen molar-refractivity contribution in [2.75, 3.05) is 18.1 Å². The molecule has 0 radical (unpaired) electrons. The van der Waals surface area contributed by atoms with Crippen LogP contribution in [0.15, 0.2) is 18.2 Å². The summed E-state index contributed by atoms with van der Waals surface area (Å²) in [5, 5.41) is 4.43. The highest BCUT2D eigenvalue weighted by Crippen LogP contribution is 2.20. The second-order valence-corrected chi connectivity index (χ2v) is 5.94. The first kappa shape index (κ1) is 14.9. The normalized spacial score (nSPS) is 12.7. The van der Waals surface area contributed by atoms with Crippen LogP contribution < -0.4 is 5.32 Å². The summed E-state index contributed by atoms with van der Waals surface area (Å²) in [4.78, 5) is 0. The standard InChI is InChI=1S/C14H22ClNS/c1-4-16-13(10-17-5-2)9-12-7-6-11(3)8-14(12)15/h6-8,13,16H,4-5,9-10H2,1-3H3. The fraction of sp³-hybridized carbons (Fsp3) is 0.571. The van der Waals surface area contributed by atoms with Gasteiger partial charge < -0.3 is 5.32 Å². The SMILES string of the molecule is CCNC(CSCC)Cc1ccc(C)cc1Cl. The highest BCUT2D eigenvalue weighted by Gasteiger charge is 2.10. The van der Waals surface area contributed by atoms with Gasteiger partial charge in [-0.1, -0.05) is 37.6 Å². The van der Waals surface area contributed by atoms with Gasteiger partial charge in [0, 0.05) is 16.8 Å². The van der Waals surface area contributed by atoms with E-state index in [1.54, 1.807) is 0 Å². The molecule has 1 N–H and O–H groups in total. The molecule has 1 unspecified atom stereocenters. The van der Waals surface area contributed by atoms with Crippen LogP contribution in [0.1, 0.15) is 25.0 Å². The lowest BCUT2D eigenvalue weighted by Gasteiger charge is -2.18. The number of hydrogen-bond acceptors (Lipinski definition) is 2. The van der Waals surface area contributed by atoms with Gasteiger partial charge in [0.1, 0.15) is 0 Å². The molecule has 96 valence electrons. The Labute approximate surface area is 114 Å². The molecule has 1 aromatic carbocycles. The van der Waals surface area contributed by atoms with Crippen molar-refractivity contribution in [2.45, 2.75) is 33.2 Å². The molecule has 0 saturated heterocycles. The summed E-state index contributed by atoms with van der Waals surface area (Å²) in [6.07, 6.45) is 1.01. The first-order valence-electron chi connectivity index (χ1n) is 6.23. The van der Waals surface area contributed by atoms with Crippen molar-refractivity contribution in [3.05, 3.63) is 34.3 Å². The van der Waals surface area contributed by atoms with Crippen LogP contribution in [0.5, 0.6) is 0 Å². The van der Waals surface area contributed by atoms with Gasteiger partial charge in [-0.2, -0.15) is 11.8 Å². The molecule has 1 atom stereocenters. The van der Waals surface area contributed by atoms with Crippen LogP contribution in [0.4, 0.5) is 0 Å². The lowest BCUT2D eigenvalue weighted by Crippen LogP contribution is -2.33. The number of nitrogens with one attached hydrogen (secondary N) is 1. The fourth-order valence-electron chi connectivity index (χ4n) is 1.82. The Balaban J connectivity index is 2.64. The van der Waals surface area contributed by atoms with E-state index in [2.05, 4.69) is 38.2 Å². The van der Waals surface area contributed by atoms with Crippen molar-refractivity contribution in [1.29, 1.82) is 0 Å². The van der Waals surface area contributed by atoms with Crippen LogP contribution in [-0.2, 0) is 6.42 Å². The fourth-order valence-corrected chi connectivity index (χ4v) is 2.89. The predicted molar refractivity (Wildman–Crippen MR) is 80.4 cm³/mol. The van der Waals surface area contributed by atoms with Gasteiger partial charge in [0.05, 0.1) is 0 Å². The van der Waals surface area contributed by atoms with Crippen molar-refractivity contribution in [3.8, 4) is 0 Å². The highest BCUT2D eigenvalue weighted by molar-refractivity contribution is 7.99. The minimum atomic E-state index is 0.519. The van der Waals surface area contributed by atoms with E-state index in [9.17, 15) is 0 Å². The van der Waals surface area contributed by atoms with Crippen molar-refractivity contribution < 1.29 is 0 Å². The summed E-state index contributed by atoms with van der Waals surface area (Å²) in [5.41, 5.74) is 2.47. The summed E-state index contributed by atoms with van der Waals surface area (Å²) < 4.78 is 0. The van der Waals surface area contributed by atoms with E-state index >= 15 is 0 Å². The quantitative estimate of drug-likeness (QED) is 0.807. The van der Waals surface area contributed by atoms with Gasteiger partial charge in [0.15, 0.2) is 0 Å². The maximum Gasteiger partial charge on any atom is 0.0441 e. The lowest BCUT2D eigenvalue weighted by molar-refractivity contribution is 0.573. The highest BCUT2D eigenvalue weighted by atomic mass is 35.5. The molecule has 17 heavy (non-hydrogen) atoms.